The summed E-state index contributed by atoms with van der Waals surface area (Å²) >= 11 is 1.46. The Morgan fingerprint density at radius 1 is 1.18 bits per heavy atom. The van der Waals surface area contributed by atoms with E-state index in [-0.39, 0.29) is 18.4 Å². The molecule has 2 rings (SSSR count). The van der Waals surface area contributed by atoms with E-state index in [4.69, 9.17) is 0 Å². The van der Waals surface area contributed by atoms with Crippen LogP contribution < -0.4 is 5.32 Å². The van der Waals surface area contributed by atoms with Gasteiger partial charge >= 0.3 is 5.97 Å². The Bertz CT molecular complexity index is 636. The molecule has 1 heterocycles. The van der Waals surface area contributed by atoms with Crippen molar-refractivity contribution in [3.8, 4) is 0 Å². The van der Waals surface area contributed by atoms with Gasteiger partial charge in [-0.05, 0) is 24.1 Å². The number of benzene rings is 1. The van der Waals surface area contributed by atoms with Gasteiger partial charge in [-0.3, -0.25) is 9.59 Å². The van der Waals surface area contributed by atoms with Crippen molar-refractivity contribution >= 4 is 23.2 Å². The number of rotatable bonds is 6. The second-order valence-electron chi connectivity index (χ2n) is 4.83. The fraction of sp³-hybridized carbons (Fsp3) is 0.294. The third-order valence-corrected chi connectivity index (χ3v) is 4.62. The van der Waals surface area contributed by atoms with Gasteiger partial charge in [0.05, 0.1) is 12.0 Å². The predicted molar refractivity (Wildman–Crippen MR) is 87.2 cm³/mol. The van der Waals surface area contributed by atoms with Gasteiger partial charge in [0.15, 0.2) is 0 Å². The summed E-state index contributed by atoms with van der Waals surface area (Å²) in [4.78, 5) is 24.8. The molecule has 1 unspecified atom stereocenters. The Labute approximate surface area is 134 Å². The zero-order chi connectivity index (χ0) is 15.9. The van der Waals surface area contributed by atoms with Crippen molar-refractivity contribution in [2.24, 2.45) is 0 Å². The second kappa shape index (κ2) is 7.75. The van der Waals surface area contributed by atoms with E-state index in [1.54, 1.807) is 6.07 Å². The monoisotopic (exact) mass is 317 g/mol. The molecule has 0 spiro atoms. The summed E-state index contributed by atoms with van der Waals surface area (Å²) in [6.45, 7) is 2.02. The van der Waals surface area contributed by atoms with Crippen LogP contribution in [-0.2, 0) is 9.53 Å². The standard InChI is InChI=1S/C17H19NO3S/c1-3-13(12-7-5-4-6-8-12)14-9-10-15(22-14)17(20)18-11-16(19)21-2/h4-10,13H,3,11H2,1-2H3,(H,18,20). The van der Waals surface area contributed by atoms with Crippen molar-refractivity contribution in [3.63, 3.8) is 0 Å². The molecule has 1 atom stereocenters. The highest BCUT2D eigenvalue weighted by Gasteiger charge is 2.17. The number of hydrogen-bond acceptors (Lipinski definition) is 4. The number of esters is 1. The van der Waals surface area contributed by atoms with Crippen LogP contribution in [0.3, 0.4) is 0 Å². The van der Waals surface area contributed by atoms with Gasteiger partial charge in [0.2, 0.25) is 0 Å². The lowest BCUT2D eigenvalue weighted by atomic mass is 9.95. The zero-order valence-electron chi connectivity index (χ0n) is 12.7. The molecule has 116 valence electrons. The largest absolute Gasteiger partial charge is 0.468 e. The molecule has 4 nitrogen and oxygen atoms in total. The molecule has 0 radical (unpaired) electrons. The second-order valence-corrected chi connectivity index (χ2v) is 5.95. The average Bonchev–Trinajstić information content (AvgIpc) is 3.03. The summed E-state index contributed by atoms with van der Waals surface area (Å²) in [6, 6.07) is 14.0. The molecule has 1 aromatic carbocycles. The molecule has 0 aliphatic rings. The average molecular weight is 317 g/mol. The molecule has 1 N–H and O–H groups in total. The molecular weight excluding hydrogens is 298 g/mol. The molecule has 5 heteroatoms. The summed E-state index contributed by atoms with van der Waals surface area (Å²) in [7, 11) is 1.30. The molecule has 0 bridgehead atoms. The van der Waals surface area contributed by atoms with Crippen molar-refractivity contribution < 1.29 is 14.3 Å². The van der Waals surface area contributed by atoms with Gasteiger partial charge in [-0.15, -0.1) is 11.3 Å². The van der Waals surface area contributed by atoms with E-state index >= 15 is 0 Å². The molecule has 1 aromatic heterocycles. The van der Waals surface area contributed by atoms with Crippen LogP contribution in [0.5, 0.6) is 0 Å². The van der Waals surface area contributed by atoms with Gasteiger partial charge in [-0.25, -0.2) is 0 Å². The smallest absolute Gasteiger partial charge is 0.325 e. The van der Waals surface area contributed by atoms with Crippen molar-refractivity contribution in [1.82, 2.24) is 5.32 Å². The molecule has 0 saturated carbocycles. The summed E-state index contributed by atoms with van der Waals surface area (Å²) in [6.07, 6.45) is 0.966. The van der Waals surface area contributed by atoms with Gasteiger partial charge in [-0.2, -0.15) is 0 Å². The molecule has 22 heavy (non-hydrogen) atoms. The molecule has 1 amide bonds. The van der Waals surface area contributed by atoms with Gasteiger partial charge in [-0.1, -0.05) is 37.3 Å². The quantitative estimate of drug-likeness (QED) is 0.833. The van der Waals surface area contributed by atoms with E-state index in [0.29, 0.717) is 4.88 Å². The highest BCUT2D eigenvalue weighted by Crippen LogP contribution is 2.32. The summed E-state index contributed by atoms with van der Waals surface area (Å²) in [5.41, 5.74) is 1.24. The summed E-state index contributed by atoms with van der Waals surface area (Å²) < 4.78 is 4.50. The molecule has 2 aromatic rings. The van der Waals surface area contributed by atoms with Crippen molar-refractivity contribution in [2.75, 3.05) is 13.7 Å². The van der Waals surface area contributed by atoms with Gasteiger partial charge in [0.1, 0.15) is 6.54 Å². The minimum absolute atomic E-state index is 0.113. The number of carbonyl (C=O) groups is 2. The van der Waals surface area contributed by atoms with E-state index in [1.165, 1.54) is 24.0 Å². The number of methoxy groups -OCH3 is 1. The van der Waals surface area contributed by atoms with Crippen LogP contribution >= 0.6 is 11.3 Å². The van der Waals surface area contributed by atoms with Gasteiger partial charge < -0.3 is 10.1 Å². The highest BCUT2D eigenvalue weighted by molar-refractivity contribution is 7.14. The lowest BCUT2D eigenvalue weighted by Gasteiger charge is -2.13. The Morgan fingerprint density at radius 2 is 1.91 bits per heavy atom. The lowest BCUT2D eigenvalue weighted by molar-refractivity contribution is -0.139. The fourth-order valence-corrected chi connectivity index (χ4v) is 3.40. The maximum atomic E-state index is 12.0. The van der Waals surface area contributed by atoms with Gasteiger partial charge in [0.25, 0.3) is 5.91 Å². The predicted octanol–water partition coefficient (Wildman–Crippen LogP) is 3.19. The Morgan fingerprint density at radius 3 is 2.55 bits per heavy atom. The first-order valence-corrected chi connectivity index (χ1v) is 7.97. The van der Waals surface area contributed by atoms with Crippen LogP contribution in [0.1, 0.15) is 39.4 Å². The van der Waals surface area contributed by atoms with E-state index in [2.05, 4.69) is 29.1 Å². The molecule has 0 aliphatic carbocycles. The fourth-order valence-electron chi connectivity index (χ4n) is 2.26. The topological polar surface area (TPSA) is 55.4 Å². The van der Waals surface area contributed by atoms with Crippen LogP contribution in [-0.4, -0.2) is 25.5 Å². The third kappa shape index (κ3) is 3.95. The lowest BCUT2D eigenvalue weighted by Crippen LogP contribution is -2.29. The van der Waals surface area contributed by atoms with Crippen LogP contribution in [0.25, 0.3) is 0 Å². The third-order valence-electron chi connectivity index (χ3n) is 3.43. The maximum absolute atomic E-state index is 12.0. The Balaban J connectivity index is 2.10. The maximum Gasteiger partial charge on any atom is 0.325 e. The number of ether oxygens (including phenoxy) is 1. The van der Waals surface area contributed by atoms with E-state index in [0.717, 1.165) is 11.3 Å². The number of hydrogen-bond donors (Lipinski definition) is 1. The van der Waals surface area contributed by atoms with Crippen LogP contribution in [0.4, 0.5) is 0 Å². The van der Waals surface area contributed by atoms with E-state index < -0.39 is 5.97 Å². The number of amides is 1. The minimum atomic E-state index is -0.458. The molecular formula is C17H19NO3S. The van der Waals surface area contributed by atoms with Gasteiger partial charge in [0, 0.05) is 10.8 Å². The van der Waals surface area contributed by atoms with Crippen LogP contribution in [0, 0.1) is 0 Å². The van der Waals surface area contributed by atoms with E-state index in [9.17, 15) is 9.59 Å². The minimum Gasteiger partial charge on any atom is -0.468 e. The Hall–Kier alpha value is -2.14. The first kappa shape index (κ1) is 16.2. The number of nitrogens with one attached hydrogen (secondary N) is 1. The van der Waals surface area contributed by atoms with Crippen molar-refractivity contribution in [3.05, 3.63) is 57.8 Å². The molecule has 0 aliphatic heterocycles. The van der Waals surface area contributed by atoms with Crippen LogP contribution in [0.15, 0.2) is 42.5 Å². The van der Waals surface area contributed by atoms with E-state index in [1.807, 2.05) is 24.3 Å². The highest BCUT2D eigenvalue weighted by atomic mass is 32.1. The SMILES string of the molecule is CCC(c1ccccc1)c1ccc(C(=O)NCC(=O)OC)s1. The Kier molecular flexibility index (Phi) is 5.72. The summed E-state index contributed by atoms with van der Waals surface area (Å²) in [5.74, 6) is -0.418. The number of thiophene rings is 1. The molecule has 0 fully saturated rings. The summed E-state index contributed by atoms with van der Waals surface area (Å²) in [5, 5.41) is 2.56. The van der Waals surface area contributed by atoms with Crippen molar-refractivity contribution in [1.29, 1.82) is 0 Å². The zero-order valence-corrected chi connectivity index (χ0v) is 13.5. The first-order valence-electron chi connectivity index (χ1n) is 7.15. The first-order chi connectivity index (χ1) is 10.7. The van der Waals surface area contributed by atoms with Crippen molar-refractivity contribution in [2.45, 2.75) is 19.3 Å². The van der Waals surface area contributed by atoms with Crippen LogP contribution in [0.2, 0.25) is 0 Å². The number of carbonyl (C=O) groups excluding carboxylic acids is 2. The molecule has 0 saturated heterocycles. The normalized spacial score (nSPS) is 11.7.